The molecule has 5 nitrogen and oxygen atoms in total. The van der Waals surface area contributed by atoms with E-state index in [1.165, 1.54) is 17.5 Å². The number of aromatic nitrogens is 2. The summed E-state index contributed by atoms with van der Waals surface area (Å²) in [6, 6.07) is 19.2. The van der Waals surface area contributed by atoms with Crippen molar-refractivity contribution in [3.63, 3.8) is 0 Å². The summed E-state index contributed by atoms with van der Waals surface area (Å²) < 4.78 is 7.51. The van der Waals surface area contributed by atoms with Gasteiger partial charge in [-0.25, -0.2) is 0 Å². The van der Waals surface area contributed by atoms with Gasteiger partial charge < -0.3 is 24.9 Å². The van der Waals surface area contributed by atoms with Crippen LogP contribution in [0, 0.1) is 6.20 Å². The Morgan fingerprint density at radius 1 is 1.13 bits per heavy atom. The van der Waals surface area contributed by atoms with Gasteiger partial charge in [0.25, 0.3) is 0 Å². The third kappa shape index (κ3) is 6.77. The van der Waals surface area contributed by atoms with Gasteiger partial charge in [-0.1, -0.05) is 55.0 Å². The van der Waals surface area contributed by atoms with Gasteiger partial charge in [-0.3, -0.25) is 0 Å². The van der Waals surface area contributed by atoms with Gasteiger partial charge in [-0.2, -0.15) is 0 Å². The third-order valence-corrected chi connectivity index (χ3v) is 5.32. The molecule has 1 aliphatic rings. The van der Waals surface area contributed by atoms with Gasteiger partial charge in [0.2, 0.25) is 0 Å². The molecule has 6 heteroatoms. The number of likely N-dealkylation sites (tertiary alicyclic amines) is 1. The van der Waals surface area contributed by atoms with Gasteiger partial charge in [0.1, 0.15) is 5.75 Å². The Labute approximate surface area is 193 Å². The van der Waals surface area contributed by atoms with Crippen molar-refractivity contribution >= 4 is 0 Å². The quantitative estimate of drug-likeness (QED) is 0.412. The van der Waals surface area contributed by atoms with Gasteiger partial charge in [-0.05, 0) is 56.7 Å². The number of rotatable bonds is 6. The van der Waals surface area contributed by atoms with Gasteiger partial charge in [0.15, 0.2) is 0 Å². The largest absolute Gasteiger partial charge is 2.00 e. The molecule has 3 aromatic rings. The van der Waals surface area contributed by atoms with E-state index in [1.54, 1.807) is 12.5 Å². The second-order valence-corrected chi connectivity index (χ2v) is 7.73. The summed E-state index contributed by atoms with van der Waals surface area (Å²) in [6.45, 7) is 2.95. The first kappa shape index (κ1) is 24.3. The second kappa shape index (κ2) is 12.0. The number of ether oxygens (including phenoxy) is 1. The van der Waals surface area contributed by atoms with E-state index < -0.39 is 0 Å². The maximum atomic E-state index is 7.25. The van der Waals surface area contributed by atoms with Crippen molar-refractivity contribution in [2.24, 2.45) is 7.05 Å². The van der Waals surface area contributed by atoms with Gasteiger partial charge in [-0.15, -0.1) is 12.7 Å². The number of hydrogen-bond acceptors (Lipinski definition) is 3. The Morgan fingerprint density at radius 3 is 2.50 bits per heavy atom. The average Bonchev–Trinajstić information content (AvgIpc) is 3.37. The summed E-state index contributed by atoms with van der Waals surface area (Å²) in [5, 5.41) is 0. The normalized spacial score (nSPS) is 18.2. The van der Waals surface area contributed by atoms with Crippen LogP contribution in [0.15, 0.2) is 67.1 Å². The Kier molecular flexibility index (Phi) is 9.71. The van der Waals surface area contributed by atoms with Crippen LogP contribution in [0.2, 0.25) is 0 Å². The molecule has 0 saturated carbocycles. The molecule has 2 aromatic carbocycles. The Balaban J connectivity index is 0.000000395. The SMILES string of the molecule is CN1CCC(Cc2ccccc2)(c2cccc(OCC[NH-])c2)C1.Cn1c[c-]nc1.[Os+2]. The van der Waals surface area contributed by atoms with Crippen molar-refractivity contribution in [1.29, 1.82) is 0 Å². The van der Waals surface area contributed by atoms with E-state index in [4.69, 9.17) is 10.5 Å². The van der Waals surface area contributed by atoms with Crippen LogP contribution in [-0.4, -0.2) is 47.7 Å². The molecule has 160 valence electrons. The number of hydrogen-bond donors (Lipinski definition) is 0. The van der Waals surface area contributed by atoms with Crippen LogP contribution in [0.5, 0.6) is 5.75 Å². The zero-order chi connectivity index (χ0) is 20.5. The van der Waals surface area contributed by atoms with Crippen molar-refractivity contribution < 1.29 is 24.5 Å². The monoisotopic (exact) mass is 582 g/mol. The van der Waals surface area contributed by atoms with Crippen LogP contribution in [0.3, 0.4) is 0 Å². The van der Waals surface area contributed by atoms with Gasteiger partial charge in [0, 0.05) is 12.0 Å². The van der Waals surface area contributed by atoms with E-state index in [0.29, 0.717) is 13.2 Å². The van der Waals surface area contributed by atoms with E-state index in [-0.39, 0.29) is 25.2 Å². The maximum absolute atomic E-state index is 7.25. The van der Waals surface area contributed by atoms with Crippen molar-refractivity contribution in [3.05, 3.63) is 90.2 Å². The molecule has 0 aliphatic carbocycles. The summed E-state index contributed by atoms with van der Waals surface area (Å²) in [5.74, 6) is 0.886. The fourth-order valence-electron chi connectivity index (χ4n) is 3.92. The first-order valence-corrected chi connectivity index (χ1v) is 10.1. The molecular formula is C24H30N4OOs. The summed E-state index contributed by atoms with van der Waals surface area (Å²) in [7, 11) is 4.11. The number of nitrogens with one attached hydrogen (secondary N) is 1. The number of benzene rings is 2. The molecule has 1 unspecified atom stereocenters. The number of likely N-dealkylation sites (N-methyl/N-ethyl adjacent to an activating group) is 1. The summed E-state index contributed by atoms with van der Waals surface area (Å²) >= 11 is 0. The summed E-state index contributed by atoms with van der Waals surface area (Å²) in [5.41, 5.74) is 10.1. The van der Waals surface area contributed by atoms with E-state index in [2.05, 4.69) is 71.7 Å². The molecule has 1 aliphatic heterocycles. The van der Waals surface area contributed by atoms with Crippen molar-refractivity contribution in [2.75, 3.05) is 33.3 Å². The van der Waals surface area contributed by atoms with Gasteiger partial charge >= 0.3 is 19.8 Å². The smallest absolute Gasteiger partial charge is 0.675 e. The molecule has 0 bridgehead atoms. The van der Waals surface area contributed by atoms with Crippen molar-refractivity contribution in [1.82, 2.24) is 14.5 Å². The molecule has 0 spiro atoms. The van der Waals surface area contributed by atoms with Crippen LogP contribution in [-0.2, 0) is 38.7 Å². The molecule has 4 rings (SSSR count). The fourth-order valence-corrected chi connectivity index (χ4v) is 3.92. The van der Waals surface area contributed by atoms with Crippen LogP contribution >= 0.6 is 0 Å². The molecule has 0 radical (unpaired) electrons. The number of nitrogens with zero attached hydrogens (tertiary/aromatic N) is 3. The van der Waals surface area contributed by atoms with Crippen LogP contribution in [0.25, 0.3) is 5.73 Å². The number of imidazole rings is 1. The van der Waals surface area contributed by atoms with Crippen molar-refractivity contribution in [3.8, 4) is 5.75 Å². The van der Waals surface area contributed by atoms with Gasteiger partial charge in [0.05, 0.1) is 6.61 Å². The van der Waals surface area contributed by atoms with Crippen LogP contribution in [0.4, 0.5) is 0 Å². The van der Waals surface area contributed by atoms with E-state index in [0.717, 1.165) is 25.3 Å². The van der Waals surface area contributed by atoms with Crippen molar-refractivity contribution in [2.45, 2.75) is 18.3 Å². The molecule has 1 atom stereocenters. The molecule has 2 heterocycles. The minimum Gasteiger partial charge on any atom is -0.675 e. The second-order valence-electron chi connectivity index (χ2n) is 7.73. The number of aryl methyl sites for hydroxylation is 1. The first-order chi connectivity index (χ1) is 14.1. The standard InChI is InChI=1S/C20H25N2O.C4H5N2.Os/c1-22-12-10-20(16-22,15-17-6-3-2-4-7-17)18-8-5-9-19(14-18)23-13-11-21;1-6-3-2-5-4-6;/h2-9,14,21H,10-13,15-16H2,1H3;3-4H,1H3;/q2*-1;+2. The minimum atomic E-state index is 0. The molecular weight excluding hydrogens is 551 g/mol. The minimum absolute atomic E-state index is 0. The summed E-state index contributed by atoms with van der Waals surface area (Å²) in [6.07, 6.45) is 8.32. The van der Waals surface area contributed by atoms with Crippen LogP contribution < -0.4 is 4.74 Å². The topological polar surface area (TPSA) is 54.1 Å². The Morgan fingerprint density at radius 2 is 1.93 bits per heavy atom. The van der Waals surface area contributed by atoms with E-state index in [1.807, 2.05) is 17.7 Å². The van der Waals surface area contributed by atoms with Crippen LogP contribution in [0.1, 0.15) is 17.5 Å². The molecule has 1 fully saturated rings. The predicted molar refractivity (Wildman–Crippen MR) is 117 cm³/mol. The molecule has 0 amide bonds. The third-order valence-electron chi connectivity index (χ3n) is 5.32. The zero-order valence-electron chi connectivity index (χ0n) is 17.7. The first-order valence-electron chi connectivity index (χ1n) is 10.1. The van der Waals surface area contributed by atoms with E-state index >= 15 is 0 Å². The Bertz CT molecular complexity index is 857. The Hall–Kier alpha value is -1.99. The molecule has 30 heavy (non-hydrogen) atoms. The van der Waals surface area contributed by atoms with E-state index in [9.17, 15) is 0 Å². The summed E-state index contributed by atoms with van der Waals surface area (Å²) in [4.78, 5) is 6.08. The zero-order valence-corrected chi connectivity index (χ0v) is 20.2. The fraction of sp³-hybridized carbons (Fsp3) is 0.375. The maximum Gasteiger partial charge on any atom is 2.00 e. The molecule has 1 saturated heterocycles. The molecule has 1 N–H and O–H groups in total. The molecule has 1 aromatic heterocycles. The predicted octanol–water partition coefficient (Wildman–Crippen LogP) is 4.15. The average molecular weight is 581 g/mol.